The Labute approximate surface area is 77.6 Å². The Bertz CT molecular complexity index is 300. The highest BCUT2D eigenvalue weighted by Crippen LogP contribution is 2.15. The summed E-state index contributed by atoms with van der Waals surface area (Å²) in [5, 5.41) is 20.9. The molecule has 68 valence electrons. The van der Waals surface area contributed by atoms with E-state index in [1.54, 1.807) is 24.3 Å². The van der Waals surface area contributed by atoms with Crippen molar-refractivity contribution in [1.29, 1.82) is 5.26 Å². The number of rotatable bonds is 3. The van der Waals surface area contributed by atoms with Crippen molar-refractivity contribution < 1.29 is 5.11 Å². The summed E-state index contributed by atoms with van der Waals surface area (Å²) in [7, 11) is 0. The van der Waals surface area contributed by atoms with Crippen LogP contribution in [-0.2, 0) is 0 Å². The van der Waals surface area contributed by atoms with Crippen molar-refractivity contribution in [3.63, 3.8) is 0 Å². The molecule has 1 aromatic carbocycles. The van der Waals surface area contributed by atoms with Crippen LogP contribution in [0.4, 0.5) is 0 Å². The minimum atomic E-state index is -0.286. The monoisotopic (exact) mass is 176 g/mol. The summed E-state index contributed by atoms with van der Waals surface area (Å²) in [5.74, 6) is 0.219. The SMILES string of the molecule is CCNC(C#N)c1ccc(O)cc1. The average molecular weight is 176 g/mol. The minimum absolute atomic E-state index is 0.219. The summed E-state index contributed by atoms with van der Waals surface area (Å²) in [5.41, 5.74) is 0.877. The molecule has 0 spiro atoms. The zero-order valence-corrected chi connectivity index (χ0v) is 7.49. The molecule has 0 saturated carbocycles. The summed E-state index contributed by atoms with van der Waals surface area (Å²) < 4.78 is 0. The lowest BCUT2D eigenvalue weighted by atomic mass is 10.1. The molecule has 0 aromatic heterocycles. The highest BCUT2D eigenvalue weighted by atomic mass is 16.3. The molecular formula is C10H12N2O. The Morgan fingerprint density at radius 2 is 2.08 bits per heavy atom. The molecule has 0 bridgehead atoms. The van der Waals surface area contributed by atoms with Crippen LogP contribution in [0.25, 0.3) is 0 Å². The number of phenolic OH excluding ortho intramolecular Hbond substituents is 1. The Morgan fingerprint density at radius 1 is 1.46 bits per heavy atom. The van der Waals surface area contributed by atoms with Gasteiger partial charge in [0.2, 0.25) is 0 Å². The summed E-state index contributed by atoms with van der Waals surface area (Å²) in [4.78, 5) is 0. The van der Waals surface area contributed by atoms with Gasteiger partial charge in [0.25, 0.3) is 0 Å². The molecule has 0 aliphatic rings. The minimum Gasteiger partial charge on any atom is -0.508 e. The first-order valence-corrected chi connectivity index (χ1v) is 4.20. The normalized spacial score (nSPS) is 12.0. The fourth-order valence-corrected chi connectivity index (χ4v) is 1.11. The summed E-state index contributed by atoms with van der Waals surface area (Å²) in [6.45, 7) is 2.70. The van der Waals surface area contributed by atoms with Crippen LogP contribution in [0.3, 0.4) is 0 Å². The molecule has 0 saturated heterocycles. The van der Waals surface area contributed by atoms with Gasteiger partial charge in [-0.15, -0.1) is 0 Å². The van der Waals surface area contributed by atoms with Gasteiger partial charge in [-0.05, 0) is 24.2 Å². The second kappa shape index (κ2) is 4.48. The first-order valence-electron chi connectivity index (χ1n) is 4.20. The number of nitrogens with one attached hydrogen (secondary N) is 1. The second-order valence-electron chi connectivity index (χ2n) is 2.71. The molecule has 1 atom stereocenters. The van der Waals surface area contributed by atoms with E-state index >= 15 is 0 Å². The van der Waals surface area contributed by atoms with Crippen LogP contribution >= 0.6 is 0 Å². The van der Waals surface area contributed by atoms with Crippen molar-refractivity contribution in [1.82, 2.24) is 5.32 Å². The number of nitrogens with zero attached hydrogens (tertiary/aromatic N) is 1. The molecule has 0 radical (unpaired) electrons. The molecule has 1 rings (SSSR count). The fraction of sp³-hybridized carbons (Fsp3) is 0.300. The Balaban J connectivity index is 2.81. The molecule has 3 heteroatoms. The molecule has 3 nitrogen and oxygen atoms in total. The van der Waals surface area contributed by atoms with E-state index < -0.39 is 0 Å². The second-order valence-corrected chi connectivity index (χ2v) is 2.71. The van der Waals surface area contributed by atoms with Crippen LogP contribution in [0.5, 0.6) is 5.75 Å². The maximum Gasteiger partial charge on any atom is 0.121 e. The van der Waals surface area contributed by atoms with Crippen LogP contribution in [-0.4, -0.2) is 11.7 Å². The number of aromatic hydroxyl groups is 1. The third kappa shape index (κ3) is 2.46. The largest absolute Gasteiger partial charge is 0.508 e. The van der Waals surface area contributed by atoms with Gasteiger partial charge in [-0.25, -0.2) is 0 Å². The molecule has 0 heterocycles. The van der Waals surface area contributed by atoms with Crippen LogP contribution in [0.2, 0.25) is 0 Å². The number of benzene rings is 1. The van der Waals surface area contributed by atoms with Gasteiger partial charge in [0.05, 0.1) is 6.07 Å². The smallest absolute Gasteiger partial charge is 0.121 e. The fourth-order valence-electron chi connectivity index (χ4n) is 1.11. The summed E-state index contributed by atoms with van der Waals surface area (Å²) in [6, 6.07) is 8.50. The van der Waals surface area contributed by atoms with E-state index in [-0.39, 0.29) is 11.8 Å². The van der Waals surface area contributed by atoms with E-state index in [1.165, 1.54) is 0 Å². The van der Waals surface area contributed by atoms with Gasteiger partial charge in [-0.1, -0.05) is 19.1 Å². The molecule has 0 fully saturated rings. The zero-order chi connectivity index (χ0) is 9.68. The van der Waals surface area contributed by atoms with E-state index in [0.717, 1.165) is 12.1 Å². The quantitative estimate of drug-likeness (QED) is 0.734. The van der Waals surface area contributed by atoms with Crippen molar-refractivity contribution in [3.8, 4) is 11.8 Å². The number of nitriles is 1. The standard InChI is InChI=1S/C10H12N2O/c1-2-12-10(7-11)8-3-5-9(13)6-4-8/h3-6,10,12-13H,2H2,1H3. The Morgan fingerprint density at radius 3 is 2.54 bits per heavy atom. The lowest BCUT2D eigenvalue weighted by Gasteiger charge is -2.09. The molecular weight excluding hydrogens is 164 g/mol. The molecule has 2 N–H and O–H groups in total. The van der Waals surface area contributed by atoms with E-state index in [9.17, 15) is 0 Å². The van der Waals surface area contributed by atoms with Gasteiger partial charge in [0.15, 0.2) is 0 Å². The van der Waals surface area contributed by atoms with Crippen LogP contribution in [0.1, 0.15) is 18.5 Å². The van der Waals surface area contributed by atoms with E-state index in [2.05, 4.69) is 11.4 Å². The topological polar surface area (TPSA) is 56.0 Å². The van der Waals surface area contributed by atoms with Gasteiger partial charge in [-0.3, -0.25) is 5.32 Å². The number of hydrogen-bond donors (Lipinski definition) is 2. The number of hydrogen-bond acceptors (Lipinski definition) is 3. The van der Waals surface area contributed by atoms with Crippen molar-refractivity contribution >= 4 is 0 Å². The maximum absolute atomic E-state index is 9.04. The molecule has 13 heavy (non-hydrogen) atoms. The van der Waals surface area contributed by atoms with Crippen LogP contribution in [0, 0.1) is 11.3 Å². The Kier molecular flexibility index (Phi) is 3.30. The van der Waals surface area contributed by atoms with E-state index in [4.69, 9.17) is 10.4 Å². The predicted octanol–water partition coefficient (Wildman–Crippen LogP) is 1.57. The Hall–Kier alpha value is -1.53. The predicted molar refractivity (Wildman–Crippen MR) is 50.1 cm³/mol. The third-order valence-electron chi connectivity index (χ3n) is 1.76. The van der Waals surface area contributed by atoms with Crippen molar-refractivity contribution in [2.24, 2.45) is 0 Å². The first-order chi connectivity index (χ1) is 6.27. The van der Waals surface area contributed by atoms with Crippen LogP contribution in [0.15, 0.2) is 24.3 Å². The molecule has 0 aliphatic heterocycles. The summed E-state index contributed by atoms with van der Waals surface area (Å²) in [6.07, 6.45) is 0. The number of phenols is 1. The third-order valence-corrected chi connectivity index (χ3v) is 1.76. The van der Waals surface area contributed by atoms with Gasteiger partial charge < -0.3 is 5.11 Å². The lowest BCUT2D eigenvalue weighted by Crippen LogP contribution is -2.18. The van der Waals surface area contributed by atoms with Gasteiger partial charge in [-0.2, -0.15) is 5.26 Å². The first kappa shape index (κ1) is 9.56. The van der Waals surface area contributed by atoms with Crippen LogP contribution < -0.4 is 5.32 Å². The average Bonchev–Trinajstić information content (AvgIpc) is 2.16. The molecule has 1 aromatic rings. The maximum atomic E-state index is 9.04. The van der Waals surface area contributed by atoms with Crippen molar-refractivity contribution in [2.75, 3.05) is 6.54 Å². The van der Waals surface area contributed by atoms with Gasteiger partial charge >= 0.3 is 0 Å². The molecule has 0 aliphatic carbocycles. The molecule has 0 amide bonds. The van der Waals surface area contributed by atoms with Crippen molar-refractivity contribution in [3.05, 3.63) is 29.8 Å². The van der Waals surface area contributed by atoms with E-state index in [0.29, 0.717) is 0 Å². The molecule has 1 unspecified atom stereocenters. The zero-order valence-electron chi connectivity index (χ0n) is 7.49. The summed E-state index contributed by atoms with van der Waals surface area (Å²) >= 11 is 0. The van der Waals surface area contributed by atoms with Crippen molar-refractivity contribution in [2.45, 2.75) is 13.0 Å². The highest BCUT2D eigenvalue weighted by molar-refractivity contribution is 5.30. The van der Waals surface area contributed by atoms with Gasteiger partial charge in [0, 0.05) is 0 Å². The van der Waals surface area contributed by atoms with E-state index in [1.807, 2.05) is 6.92 Å². The van der Waals surface area contributed by atoms with Gasteiger partial charge in [0.1, 0.15) is 11.8 Å². The highest BCUT2D eigenvalue weighted by Gasteiger charge is 2.07. The lowest BCUT2D eigenvalue weighted by molar-refractivity contribution is 0.475.